The number of rotatable bonds is 4. The molecule has 0 unspecified atom stereocenters. The minimum absolute atomic E-state index is 0.0559. The molecule has 0 spiro atoms. The van der Waals surface area contributed by atoms with Crippen molar-refractivity contribution in [3.05, 3.63) is 95.1 Å². The first kappa shape index (κ1) is 16.7. The fourth-order valence-electron chi connectivity index (χ4n) is 3.64. The van der Waals surface area contributed by atoms with Crippen molar-refractivity contribution < 1.29 is 8.78 Å². The number of nitrogens with one attached hydrogen (secondary N) is 1. The average molecular weight is 351 g/mol. The second-order valence-corrected chi connectivity index (χ2v) is 6.47. The first-order valence-corrected chi connectivity index (χ1v) is 8.59. The zero-order valence-corrected chi connectivity index (χ0v) is 14.3. The third-order valence-electron chi connectivity index (χ3n) is 4.87. The van der Waals surface area contributed by atoms with Crippen molar-refractivity contribution in [3.8, 4) is 0 Å². The lowest BCUT2D eigenvalue weighted by Crippen LogP contribution is -2.36. The van der Waals surface area contributed by atoms with Crippen molar-refractivity contribution in [3.63, 3.8) is 0 Å². The highest BCUT2D eigenvalue weighted by molar-refractivity contribution is 5.48. The molecule has 2 heterocycles. The molecule has 0 saturated heterocycles. The molecule has 5 heteroatoms. The summed E-state index contributed by atoms with van der Waals surface area (Å²) in [5, 5.41) is 0. The Morgan fingerprint density at radius 3 is 2.73 bits per heavy atom. The monoisotopic (exact) mass is 351 g/mol. The van der Waals surface area contributed by atoms with Crippen LogP contribution < -0.4 is 0 Å². The molecule has 1 atom stereocenters. The van der Waals surface area contributed by atoms with Gasteiger partial charge in [-0.15, -0.1) is 0 Å². The molecule has 0 saturated carbocycles. The molecule has 0 bridgehead atoms. The molecule has 0 aliphatic carbocycles. The summed E-state index contributed by atoms with van der Waals surface area (Å²) in [6, 6.07) is 11.4. The van der Waals surface area contributed by atoms with Gasteiger partial charge in [0, 0.05) is 30.8 Å². The first-order chi connectivity index (χ1) is 12.7. The fourth-order valence-corrected chi connectivity index (χ4v) is 3.64. The van der Waals surface area contributed by atoms with Gasteiger partial charge in [0.1, 0.15) is 11.6 Å². The number of imidazole rings is 1. The second kappa shape index (κ2) is 6.84. The highest BCUT2D eigenvalue weighted by Gasteiger charge is 2.34. The van der Waals surface area contributed by atoms with Gasteiger partial charge in [0.2, 0.25) is 0 Å². The fraction of sp³-hybridized carbons (Fsp3) is 0.190. The van der Waals surface area contributed by atoms with Gasteiger partial charge in [-0.2, -0.15) is 0 Å². The third kappa shape index (κ3) is 2.95. The van der Waals surface area contributed by atoms with Crippen molar-refractivity contribution >= 4 is 6.08 Å². The van der Waals surface area contributed by atoms with E-state index in [0.29, 0.717) is 18.8 Å². The minimum Gasteiger partial charge on any atom is -0.348 e. The van der Waals surface area contributed by atoms with E-state index in [0.717, 1.165) is 23.2 Å². The molecule has 3 aromatic rings. The Bertz CT molecular complexity index is 928. The molecule has 0 radical (unpaired) electrons. The number of nitrogens with zero attached hydrogens (tertiary/aromatic N) is 2. The summed E-state index contributed by atoms with van der Waals surface area (Å²) in [6.07, 6.45) is 4.15. The van der Waals surface area contributed by atoms with Crippen molar-refractivity contribution in [2.45, 2.75) is 19.0 Å². The van der Waals surface area contributed by atoms with Crippen molar-refractivity contribution in [2.24, 2.45) is 0 Å². The Labute approximate surface area is 151 Å². The van der Waals surface area contributed by atoms with Crippen molar-refractivity contribution in [2.75, 3.05) is 6.54 Å². The lowest BCUT2D eigenvalue weighted by Gasteiger charge is -2.35. The van der Waals surface area contributed by atoms with E-state index in [1.165, 1.54) is 18.2 Å². The molecule has 0 fully saturated rings. The second-order valence-electron chi connectivity index (χ2n) is 6.47. The van der Waals surface area contributed by atoms with Crippen LogP contribution in [0.1, 0.15) is 34.1 Å². The molecule has 3 nitrogen and oxygen atoms in total. The normalized spacial score (nSPS) is 17.1. The van der Waals surface area contributed by atoms with E-state index in [-0.39, 0.29) is 5.56 Å². The zero-order valence-electron chi connectivity index (χ0n) is 14.3. The Balaban J connectivity index is 1.77. The van der Waals surface area contributed by atoms with E-state index in [2.05, 4.69) is 21.4 Å². The molecule has 4 rings (SSSR count). The van der Waals surface area contributed by atoms with Gasteiger partial charge >= 0.3 is 0 Å². The highest BCUT2D eigenvalue weighted by Crippen LogP contribution is 2.36. The predicted octanol–water partition coefficient (Wildman–Crippen LogP) is 4.48. The van der Waals surface area contributed by atoms with E-state index >= 15 is 0 Å². The van der Waals surface area contributed by atoms with Gasteiger partial charge in [-0.3, -0.25) is 4.90 Å². The standard InChI is InChI=1S/C21H19F2N3/c1-2-14-5-3-6-15(11-14)12-26-10-9-18-20(25-13-24-18)21(26)19-16(22)7-4-8-17(19)23/h2-8,11,13,21H,1,9-10,12H2,(H,24,25)/t21-/m1/s1. The Morgan fingerprint density at radius 1 is 1.19 bits per heavy atom. The highest BCUT2D eigenvalue weighted by atomic mass is 19.1. The van der Waals surface area contributed by atoms with Gasteiger partial charge in [0.05, 0.1) is 18.1 Å². The maximum atomic E-state index is 14.5. The van der Waals surface area contributed by atoms with Crippen molar-refractivity contribution in [1.29, 1.82) is 0 Å². The smallest absolute Gasteiger partial charge is 0.131 e. The molecule has 132 valence electrons. The summed E-state index contributed by atoms with van der Waals surface area (Å²) in [6.45, 7) is 5.06. The van der Waals surface area contributed by atoms with Crippen LogP contribution in [0.3, 0.4) is 0 Å². The van der Waals surface area contributed by atoms with Gasteiger partial charge in [0.25, 0.3) is 0 Å². The van der Waals surface area contributed by atoms with Crippen LogP contribution in [0.4, 0.5) is 8.78 Å². The van der Waals surface area contributed by atoms with E-state index < -0.39 is 17.7 Å². The van der Waals surface area contributed by atoms with Gasteiger partial charge < -0.3 is 4.98 Å². The van der Waals surface area contributed by atoms with Crippen LogP contribution in [0, 0.1) is 11.6 Å². The molecule has 0 amide bonds. The van der Waals surface area contributed by atoms with Gasteiger partial charge in [-0.1, -0.05) is 43.0 Å². The van der Waals surface area contributed by atoms with Crippen LogP contribution in [-0.2, 0) is 13.0 Å². The SMILES string of the molecule is C=Cc1cccc(CN2CCc3[nH]cnc3[C@H]2c2c(F)cccc2F)c1. The van der Waals surface area contributed by atoms with Crippen LogP contribution in [0.25, 0.3) is 6.08 Å². The molecule has 26 heavy (non-hydrogen) atoms. The lowest BCUT2D eigenvalue weighted by molar-refractivity contribution is 0.193. The molecule has 2 aromatic carbocycles. The summed E-state index contributed by atoms with van der Waals surface area (Å²) in [5.74, 6) is -1.09. The molecule has 1 aromatic heterocycles. The quantitative estimate of drug-likeness (QED) is 0.752. The predicted molar refractivity (Wildman–Crippen MR) is 97.4 cm³/mol. The number of fused-ring (bicyclic) bond motifs is 1. The molecule has 1 aliphatic heterocycles. The first-order valence-electron chi connectivity index (χ1n) is 8.59. The number of benzene rings is 2. The number of H-pyrrole nitrogens is 1. The number of aromatic amines is 1. The van der Waals surface area contributed by atoms with E-state index in [9.17, 15) is 8.78 Å². The van der Waals surface area contributed by atoms with E-state index in [4.69, 9.17) is 0 Å². The van der Waals surface area contributed by atoms with Crippen LogP contribution in [0.5, 0.6) is 0 Å². The maximum Gasteiger partial charge on any atom is 0.131 e. The molecule has 1 N–H and O–H groups in total. The van der Waals surface area contributed by atoms with Crippen LogP contribution in [-0.4, -0.2) is 21.4 Å². The largest absolute Gasteiger partial charge is 0.348 e. The van der Waals surface area contributed by atoms with Crippen LogP contribution in [0.15, 0.2) is 55.4 Å². The van der Waals surface area contributed by atoms with Gasteiger partial charge in [-0.25, -0.2) is 13.8 Å². The summed E-state index contributed by atoms with van der Waals surface area (Å²) in [5.41, 5.74) is 3.78. The number of halogens is 2. The molecule has 1 aliphatic rings. The Hall–Kier alpha value is -2.79. The minimum atomic E-state index is -0.557. The van der Waals surface area contributed by atoms with E-state index in [1.807, 2.05) is 24.3 Å². The number of aromatic nitrogens is 2. The molecular weight excluding hydrogens is 332 g/mol. The summed E-state index contributed by atoms with van der Waals surface area (Å²) >= 11 is 0. The van der Waals surface area contributed by atoms with E-state index in [1.54, 1.807) is 12.4 Å². The number of hydrogen-bond acceptors (Lipinski definition) is 2. The summed E-state index contributed by atoms with van der Waals surface area (Å²) in [7, 11) is 0. The van der Waals surface area contributed by atoms with Gasteiger partial charge in [-0.05, 0) is 23.3 Å². The summed E-state index contributed by atoms with van der Waals surface area (Å²) < 4.78 is 29.1. The Kier molecular flexibility index (Phi) is 4.39. The third-order valence-corrected chi connectivity index (χ3v) is 4.87. The topological polar surface area (TPSA) is 31.9 Å². The Morgan fingerprint density at radius 2 is 1.96 bits per heavy atom. The lowest BCUT2D eigenvalue weighted by atomic mass is 9.94. The number of hydrogen-bond donors (Lipinski definition) is 1. The van der Waals surface area contributed by atoms with Crippen LogP contribution in [0.2, 0.25) is 0 Å². The molecular formula is C21H19F2N3. The summed E-state index contributed by atoms with van der Waals surface area (Å²) in [4.78, 5) is 9.55. The van der Waals surface area contributed by atoms with Gasteiger partial charge in [0.15, 0.2) is 0 Å². The zero-order chi connectivity index (χ0) is 18.1. The maximum absolute atomic E-state index is 14.5. The average Bonchev–Trinajstić information content (AvgIpc) is 3.12. The van der Waals surface area contributed by atoms with Crippen LogP contribution >= 0.6 is 0 Å². The van der Waals surface area contributed by atoms with Crippen molar-refractivity contribution in [1.82, 2.24) is 14.9 Å².